The van der Waals surface area contributed by atoms with E-state index in [0.717, 1.165) is 23.3 Å². The Balaban J connectivity index is 1.29. The Morgan fingerprint density at radius 2 is 1.87 bits per heavy atom. The van der Waals surface area contributed by atoms with Crippen LogP contribution in [0.5, 0.6) is 11.5 Å². The highest BCUT2D eigenvalue weighted by atomic mass is 19.4. The van der Waals surface area contributed by atoms with Gasteiger partial charge in [-0.3, -0.25) is 9.78 Å². The van der Waals surface area contributed by atoms with Crippen molar-refractivity contribution in [3.8, 4) is 11.5 Å². The molecule has 0 saturated heterocycles. The van der Waals surface area contributed by atoms with Crippen LogP contribution in [0.4, 0.5) is 18.9 Å². The first-order valence-electron chi connectivity index (χ1n) is 12.5. The van der Waals surface area contributed by atoms with E-state index in [1.165, 1.54) is 6.07 Å². The van der Waals surface area contributed by atoms with Gasteiger partial charge in [0.25, 0.3) is 0 Å². The molecule has 1 unspecified atom stereocenters. The van der Waals surface area contributed by atoms with E-state index in [2.05, 4.69) is 20.9 Å². The van der Waals surface area contributed by atoms with E-state index in [1.54, 1.807) is 30.7 Å². The van der Waals surface area contributed by atoms with Gasteiger partial charge in [-0.05, 0) is 72.4 Å². The number of hydrogen-bond acceptors (Lipinski definition) is 7. The van der Waals surface area contributed by atoms with Gasteiger partial charge in [0.1, 0.15) is 11.5 Å². The Labute approximate surface area is 223 Å². The molecular formula is C28H28F3N5O3. The molecule has 0 bridgehead atoms. The fraction of sp³-hybridized carbons (Fsp3) is 0.286. The largest absolute Gasteiger partial charge is 0.457 e. The molecule has 8 nitrogen and oxygen atoms in total. The van der Waals surface area contributed by atoms with E-state index in [-0.39, 0.29) is 30.3 Å². The number of aliphatic hydroxyl groups excluding tert-OH is 1. The van der Waals surface area contributed by atoms with Crippen LogP contribution in [0.3, 0.4) is 0 Å². The molecule has 3 aromatic rings. The summed E-state index contributed by atoms with van der Waals surface area (Å²) in [6.45, 7) is -0.303. The minimum Gasteiger partial charge on any atom is -0.457 e. The number of aryl methyl sites for hydroxylation is 1. The zero-order valence-corrected chi connectivity index (χ0v) is 20.9. The maximum absolute atomic E-state index is 13.3. The summed E-state index contributed by atoms with van der Waals surface area (Å²) in [6, 6.07) is 12.5. The average Bonchev–Trinajstić information content (AvgIpc) is 3.43. The van der Waals surface area contributed by atoms with E-state index in [0.29, 0.717) is 36.5 Å². The van der Waals surface area contributed by atoms with E-state index < -0.39 is 23.3 Å². The van der Waals surface area contributed by atoms with E-state index in [4.69, 9.17) is 10.5 Å². The summed E-state index contributed by atoms with van der Waals surface area (Å²) >= 11 is 0. The number of carbonyl (C=O) groups excluding carboxylic acids is 1. The maximum atomic E-state index is 13.3. The smallest absolute Gasteiger partial charge is 0.416 e. The van der Waals surface area contributed by atoms with E-state index >= 15 is 0 Å². The van der Waals surface area contributed by atoms with Gasteiger partial charge >= 0.3 is 6.18 Å². The van der Waals surface area contributed by atoms with Gasteiger partial charge in [0.05, 0.1) is 17.9 Å². The highest BCUT2D eigenvalue weighted by molar-refractivity contribution is 5.93. The number of amides is 1. The molecule has 39 heavy (non-hydrogen) atoms. The fourth-order valence-corrected chi connectivity index (χ4v) is 4.88. The number of carbonyl (C=O) groups is 1. The van der Waals surface area contributed by atoms with Gasteiger partial charge in [-0.25, -0.2) is 0 Å². The molecule has 6 N–H and O–H groups in total. The number of fused-ring (bicyclic) bond motifs is 1. The molecule has 1 amide bonds. The van der Waals surface area contributed by atoms with Crippen molar-refractivity contribution in [2.24, 2.45) is 11.7 Å². The SMILES string of the molecule is NCc1cc(NC(=O)C2CCc3ccc(Oc4ccnc(C5(CO)NC=CN5)c4)cc3C2)cc(C(F)(F)F)c1. The van der Waals surface area contributed by atoms with Gasteiger partial charge in [-0.15, -0.1) is 0 Å². The van der Waals surface area contributed by atoms with Crippen LogP contribution >= 0.6 is 0 Å². The lowest BCUT2D eigenvalue weighted by molar-refractivity contribution is -0.137. The van der Waals surface area contributed by atoms with Gasteiger partial charge < -0.3 is 31.5 Å². The van der Waals surface area contributed by atoms with Crippen molar-refractivity contribution in [2.75, 3.05) is 11.9 Å². The molecule has 1 aliphatic carbocycles. The Kier molecular flexibility index (Phi) is 7.19. The topological polar surface area (TPSA) is 122 Å². The third-order valence-electron chi connectivity index (χ3n) is 6.98. The Morgan fingerprint density at radius 1 is 1.10 bits per heavy atom. The van der Waals surface area contributed by atoms with Crippen LogP contribution in [0.1, 0.15) is 34.4 Å². The Morgan fingerprint density at radius 3 is 2.59 bits per heavy atom. The summed E-state index contributed by atoms with van der Waals surface area (Å²) in [7, 11) is 0. The summed E-state index contributed by atoms with van der Waals surface area (Å²) in [5, 5.41) is 18.7. The number of nitrogens with one attached hydrogen (secondary N) is 3. The zero-order chi connectivity index (χ0) is 27.6. The quantitative estimate of drug-likeness (QED) is 0.309. The first-order valence-corrected chi connectivity index (χ1v) is 12.5. The number of alkyl halides is 3. The molecule has 0 fully saturated rings. The van der Waals surface area contributed by atoms with Gasteiger partial charge in [-0.1, -0.05) is 6.07 Å². The number of benzene rings is 2. The highest BCUT2D eigenvalue weighted by Gasteiger charge is 2.34. The third-order valence-corrected chi connectivity index (χ3v) is 6.98. The minimum absolute atomic E-state index is 0.0732. The number of rotatable bonds is 7. The Hall–Kier alpha value is -4.09. The summed E-state index contributed by atoms with van der Waals surface area (Å²) in [5.41, 5.74) is 6.73. The monoisotopic (exact) mass is 539 g/mol. The molecule has 2 aromatic carbocycles. The van der Waals surface area contributed by atoms with Crippen LogP contribution in [0, 0.1) is 5.92 Å². The lowest BCUT2D eigenvalue weighted by Crippen LogP contribution is -2.49. The molecule has 1 aliphatic heterocycles. The number of aromatic nitrogens is 1. The minimum atomic E-state index is -4.54. The predicted octanol–water partition coefficient (Wildman–Crippen LogP) is 3.90. The normalized spacial score (nSPS) is 17.6. The van der Waals surface area contributed by atoms with E-state index in [9.17, 15) is 23.1 Å². The molecule has 11 heteroatoms. The van der Waals surface area contributed by atoms with Crippen molar-refractivity contribution < 1.29 is 27.8 Å². The molecule has 0 saturated carbocycles. The van der Waals surface area contributed by atoms with Crippen molar-refractivity contribution in [3.63, 3.8) is 0 Å². The van der Waals surface area contributed by atoms with Crippen molar-refractivity contribution in [1.82, 2.24) is 15.6 Å². The van der Waals surface area contributed by atoms with Gasteiger partial charge in [0.2, 0.25) is 5.91 Å². The molecule has 0 radical (unpaired) electrons. The van der Waals surface area contributed by atoms with Crippen LogP contribution in [0.2, 0.25) is 0 Å². The van der Waals surface area contributed by atoms with Gasteiger partial charge in [0.15, 0.2) is 5.66 Å². The summed E-state index contributed by atoms with van der Waals surface area (Å²) in [4.78, 5) is 17.4. The molecule has 5 rings (SSSR count). The van der Waals surface area contributed by atoms with Crippen LogP contribution in [-0.2, 0) is 36.0 Å². The Bertz CT molecular complexity index is 1400. The van der Waals surface area contributed by atoms with Crippen molar-refractivity contribution >= 4 is 11.6 Å². The lowest BCUT2D eigenvalue weighted by atomic mass is 9.83. The molecule has 204 valence electrons. The first-order chi connectivity index (χ1) is 18.7. The summed E-state index contributed by atoms with van der Waals surface area (Å²) < 4.78 is 45.9. The van der Waals surface area contributed by atoms with Gasteiger partial charge in [-0.2, -0.15) is 13.2 Å². The van der Waals surface area contributed by atoms with Crippen LogP contribution in [0.15, 0.2) is 67.1 Å². The predicted molar refractivity (Wildman–Crippen MR) is 138 cm³/mol. The first kappa shape index (κ1) is 26.5. The highest BCUT2D eigenvalue weighted by Crippen LogP contribution is 2.34. The second-order valence-corrected chi connectivity index (χ2v) is 9.64. The van der Waals surface area contributed by atoms with Crippen molar-refractivity contribution in [2.45, 2.75) is 37.6 Å². The number of nitrogens with two attached hydrogens (primary N) is 1. The average molecular weight is 540 g/mol. The number of aliphatic hydroxyl groups is 1. The van der Waals surface area contributed by atoms with Crippen LogP contribution in [0.25, 0.3) is 0 Å². The second kappa shape index (κ2) is 10.6. The number of hydrogen-bond donors (Lipinski definition) is 5. The molecule has 0 spiro atoms. The molecule has 1 atom stereocenters. The zero-order valence-electron chi connectivity index (χ0n) is 20.9. The third kappa shape index (κ3) is 5.69. The van der Waals surface area contributed by atoms with Crippen LogP contribution < -0.4 is 26.4 Å². The standard InChI is InChI=1S/C28H28F3N5O3/c29-28(30,31)21-9-17(15-32)10-22(13-21)36-26(38)19-2-1-18-3-4-23(12-20(18)11-19)39-24-5-6-33-25(14-24)27(16-37)34-7-8-35-27/h3-10,12-14,19,34-35,37H,1-2,11,15-16,32H2,(H,36,38). The number of pyridine rings is 1. The molecular weight excluding hydrogens is 511 g/mol. The summed E-state index contributed by atoms with van der Waals surface area (Å²) in [5.74, 6) is 0.342. The number of anilines is 1. The van der Waals surface area contributed by atoms with E-state index in [1.807, 2.05) is 18.2 Å². The van der Waals surface area contributed by atoms with Gasteiger partial charge in [0, 0.05) is 42.8 Å². The summed E-state index contributed by atoms with van der Waals surface area (Å²) in [6.07, 6.45) is 2.08. The number of ether oxygens (including phenoxy) is 1. The lowest BCUT2D eigenvalue weighted by Gasteiger charge is -2.28. The number of nitrogens with zero attached hydrogens (tertiary/aromatic N) is 1. The van der Waals surface area contributed by atoms with Crippen molar-refractivity contribution in [3.05, 3.63) is 95.1 Å². The maximum Gasteiger partial charge on any atom is 0.416 e. The molecule has 2 heterocycles. The van der Waals surface area contributed by atoms with Crippen molar-refractivity contribution in [1.29, 1.82) is 0 Å². The fourth-order valence-electron chi connectivity index (χ4n) is 4.88. The second-order valence-electron chi connectivity index (χ2n) is 9.64. The molecule has 1 aromatic heterocycles. The van der Waals surface area contributed by atoms with Crippen LogP contribution in [-0.4, -0.2) is 22.6 Å². The molecule has 2 aliphatic rings. The number of halogens is 3.